The van der Waals surface area contributed by atoms with Crippen LogP contribution < -0.4 is 0 Å². The summed E-state index contributed by atoms with van der Waals surface area (Å²) in [6, 6.07) is 8.62. The summed E-state index contributed by atoms with van der Waals surface area (Å²) in [5.74, 6) is 0.637. The van der Waals surface area contributed by atoms with E-state index in [2.05, 4.69) is 51.5 Å². The summed E-state index contributed by atoms with van der Waals surface area (Å²) in [6.45, 7) is 6.50. The molecule has 0 unspecified atom stereocenters. The van der Waals surface area contributed by atoms with Gasteiger partial charge in [-0.3, -0.25) is 0 Å². The van der Waals surface area contributed by atoms with Gasteiger partial charge in [0.2, 0.25) is 0 Å². The summed E-state index contributed by atoms with van der Waals surface area (Å²) >= 11 is 0. The molecule has 0 aliphatic carbocycles. The Morgan fingerprint density at radius 3 is 2.09 bits per heavy atom. The van der Waals surface area contributed by atoms with E-state index in [1.165, 1.54) is 11.1 Å². The van der Waals surface area contributed by atoms with E-state index in [1.807, 2.05) is 0 Å². The van der Waals surface area contributed by atoms with Gasteiger partial charge in [0, 0.05) is 0 Å². The molecule has 1 aromatic rings. The van der Waals surface area contributed by atoms with Crippen LogP contribution >= 0.6 is 0 Å². The molecule has 11 heavy (non-hydrogen) atoms. The molecule has 0 saturated carbocycles. The zero-order chi connectivity index (χ0) is 8.27. The fourth-order valence-corrected chi connectivity index (χ4v) is 1.06. The molecule has 0 spiro atoms. The van der Waals surface area contributed by atoms with Crippen molar-refractivity contribution in [2.45, 2.75) is 20.8 Å². The lowest BCUT2D eigenvalue weighted by Crippen LogP contribution is -1.89. The van der Waals surface area contributed by atoms with Gasteiger partial charge in [-0.25, -0.2) is 0 Å². The summed E-state index contributed by atoms with van der Waals surface area (Å²) in [7, 11) is 0. The molecule has 0 fully saturated rings. The Balaban J connectivity index is 2.66. The maximum atomic E-state index is 2.26. The fraction of sp³-hybridized carbons (Fsp3) is 0.364. The number of hydrogen-bond donors (Lipinski definition) is 0. The first kappa shape index (κ1) is 8.32. The van der Waals surface area contributed by atoms with Gasteiger partial charge in [0.05, 0.1) is 0 Å². The Morgan fingerprint density at radius 1 is 1.09 bits per heavy atom. The molecule has 0 aliphatic heterocycles. The van der Waals surface area contributed by atoms with E-state index in [1.54, 1.807) is 0 Å². The van der Waals surface area contributed by atoms with Crippen molar-refractivity contribution >= 4 is 0 Å². The van der Waals surface area contributed by atoms with E-state index >= 15 is 0 Å². The second-order valence-electron chi connectivity index (χ2n) is 3.32. The van der Waals surface area contributed by atoms with Gasteiger partial charge in [-0.15, -0.1) is 0 Å². The zero-order valence-corrected chi connectivity index (χ0v) is 7.46. The van der Waals surface area contributed by atoms with Gasteiger partial charge in [0.15, 0.2) is 0 Å². The number of hydrogen-bond acceptors (Lipinski definition) is 0. The molecule has 1 rings (SSSR count). The minimum atomic E-state index is 0.637. The molecule has 0 aliphatic rings. The summed E-state index contributed by atoms with van der Waals surface area (Å²) in [6.07, 6.45) is 2.26. The smallest absolute Gasteiger partial charge is 0.00676 e. The van der Waals surface area contributed by atoms with E-state index in [0.29, 0.717) is 5.92 Å². The van der Waals surface area contributed by atoms with Gasteiger partial charge in [-0.1, -0.05) is 43.7 Å². The average Bonchev–Trinajstić information content (AvgIpc) is 1.93. The Labute approximate surface area is 69.3 Å². The first-order valence-electron chi connectivity index (χ1n) is 4.10. The van der Waals surface area contributed by atoms with Crippen molar-refractivity contribution in [1.82, 2.24) is 0 Å². The largest absolute Gasteiger partial charge is 0.0622 e. The average molecular weight is 147 g/mol. The third-order valence-electron chi connectivity index (χ3n) is 1.60. The Morgan fingerprint density at radius 2 is 1.64 bits per heavy atom. The molecule has 0 N–H and O–H groups in total. The normalized spacial score (nSPS) is 10.5. The molecule has 0 saturated heterocycles. The van der Waals surface area contributed by atoms with Crippen LogP contribution in [-0.2, 0) is 0 Å². The highest BCUT2D eigenvalue weighted by Crippen LogP contribution is 2.10. The summed E-state index contributed by atoms with van der Waals surface area (Å²) in [4.78, 5) is 0. The molecular weight excluding hydrogens is 132 g/mol. The molecule has 59 valence electrons. The molecule has 0 heteroatoms. The van der Waals surface area contributed by atoms with Crippen molar-refractivity contribution < 1.29 is 0 Å². The molecule has 1 aromatic carbocycles. The molecular formula is C11H15. The highest BCUT2D eigenvalue weighted by Gasteiger charge is 1.96. The fourth-order valence-electron chi connectivity index (χ4n) is 1.06. The second-order valence-corrected chi connectivity index (χ2v) is 3.32. The topological polar surface area (TPSA) is 0 Å². The van der Waals surface area contributed by atoms with Crippen LogP contribution in [0.4, 0.5) is 0 Å². The van der Waals surface area contributed by atoms with Crippen LogP contribution in [0.1, 0.15) is 25.0 Å². The lowest BCUT2D eigenvalue weighted by Gasteiger charge is -2.03. The standard InChI is InChI=1S/C11H15/c1-9(2)8-11-6-4-10(3)5-7-11/h4-9H,1-3H3. The van der Waals surface area contributed by atoms with Crippen LogP contribution in [0.3, 0.4) is 0 Å². The number of benzene rings is 1. The van der Waals surface area contributed by atoms with Crippen molar-refractivity contribution in [2.24, 2.45) is 5.92 Å². The zero-order valence-electron chi connectivity index (χ0n) is 7.46. The Bertz CT molecular complexity index is 206. The third kappa shape index (κ3) is 2.75. The quantitative estimate of drug-likeness (QED) is 0.602. The molecule has 0 amide bonds. The number of rotatable bonds is 2. The summed E-state index contributed by atoms with van der Waals surface area (Å²) in [5.41, 5.74) is 2.65. The number of aryl methyl sites for hydroxylation is 1. The lowest BCUT2D eigenvalue weighted by molar-refractivity contribution is 0.776. The van der Waals surface area contributed by atoms with E-state index in [4.69, 9.17) is 0 Å². The molecule has 0 nitrogen and oxygen atoms in total. The predicted octanol–water partition coefficient (Wildman–Crippen LogP) is 3.20. The van der Waals surface area contributed by atoms with Crippen molar-refractivity contribution in [3.05, 3.63) is 41.8 Å². The Kier molecular flexibility index (Phi) is 2.70. The van der Waals surface area contributed by atoms with Crippen molar-refractivity contribution in [3.63, 3.8) is 0 Å². The van der Waals surface area contributed by atoms with Gasteiger partial charge in [-0.2, -0.15) is 0 Å². The third-order valence-corrected chi connectivity index (χ3v) is 1.60. The monoisotopic (exact) mass is 147 g/mol. The highest BCUT2D eigenvalue weighted by atomic mass is 14.0. The van der Waals surface area contributed by atoms with E-state index in [0.717, 1.165) is 0 Å². The second kappa shape index (κ2) is 3.56. The van der Waals surface area contributed by atoms with Gasteiger partial charge in [0.1, 0.15) is 0 Å². The van der Waals surface area contributed by atoms with Crippen LogP contribution in [0.25, 0.3) is 0 Å². The molecule has 0 heterocycles. The maximum absolute atomic E-state index is 2.26. The van der Waals surface area contributed by atoms with Gasteiger partial charge in [0.25, 0.3) is 0 Å². The van der Waals surface area contributed by atoms with Gasteiger partial charge < -0.3 is 0 Å². The predicted molar refractivity (Wildman–Crippen MR) is 49.4 cm³/mol. The van der Waals surface area contributed by atoms with E-state index < -0.39 is 0 Å². The minimum absolute atomic E-state index is 0.637. The minimum Gasteiger partial charge on any atom is -0.0622 e. The maximum Gasteiger partial charge on any atom is -0.00676 e. The first-order chi connectivity index (χ1) is 5.18. The SMILES string of the molecule is Cc1ccc([CH]C(C)C)cc1. The van der Waals surface area contributed by atoms with E-state index in [-0.39, 0.29) is 0 Å². The molecule has 0 aromatic heterocycles. The highest BCUT2D eigenvalue weighted by molar-refractivity contribution is 5.27. The van der Waals surface area contributed by atoms with Crippen LogP contribution in [-0.4, -0.2) is 0 Å². The molecule has 1 radical (unpaired) electrons. The first-order valence-corrected chi connectivity index (χ1v) is 4.10. The summed E-state index contributed by atoms with van der Waals surface area (Å²) < 4.78 is 0. The summed E-state index contributed by atoms with van der Waals surface area (Å²) in [5, 5.41) is 0. The van der Waals surface area contributed by atoms with Crippen molar-refractivity contribution in [1.29, 1.82) is 0 Å². The van der Waals surface area contributed by atoms with Gasteiger partial charge >= 0.3 is 0 Å². The van der Waals surface area contributed by atoms with Crippen LogP contribution in [0.15, 0.2) is 24.3 Å². The van der Waals surface area contributed by atoms with Crippen LogP contribution in [0.5, 0.6) is 0 Å². The molecule has 0 bridgehead atoms. The Hall–Kier alpha value is -0.780. The van der Waals surface area contributed by atoms with Crippen LogP contribution in [0.2, 0.25) is 0 Å². The van der Waals surface area contributed by atoms with Crippen molar-refractivity contribution in [3.8, 4) is 0 Å². The molecule has 0 atom stereocenters. The van der Waals surface area contributed by atoms with Crippen molar-refractivity contribution in [2.75, 3.05) is 0 Å². The van der Waals surface area contributed by atoms with Gasteiger partial charge in [-0.05, 0) is 24.8 Å². The lowest BCUT2D eigenvalue weighted by atomic mass is 10.0. The van der Waals surface area contributed by atoms with E-state index in [9.17, 15) is 0 Å². The van der Waals surface area contributed by atoms with Crippen LogP contribution in [0, 0.1) is 19.3 Å².